The number of hydrogen-bond donors (Lipinski definition) is 1. The average molecular weight is 91.1 g/mol. The standard InChI is InChI=1S/CH5NO2Si/c1-3-5-4-2/h2H2,1H3. The summed E-state index contributed by atoms with van der Waals surface area (Å²) in [4.78, 5) is 0. The van der Waals surface area contributed by atoms with Crippen LogP contribution in [0.4, 0.5) is 0 Å². The van der Waals surface area contributed by atoms with Crippen LogP contribution >= 0.6 is 0 Å². The fourth-order valence-corrected chi connectivity index (χ4v) is 0.144. The van der Waals surface area contributed by atoms with Crippen molar-refractivity contribution >= 4 is 10.0 Å². The lowest BCUT2D eigenvalue weighted by atomic mass is 11.8. The molecule has 0 aromatic rings. The highest BCUT2D eigenvalue weighted by molar-refractivity contribution is 6.17. The summed E-state index contributed by atoms with van der Waals surface area (Å²) in [5.41, 5.74) is 0. The zero-order valence-electron chi connectivity index (χ0n) is 2.89. The van der Waals surface area contributed by atoms with Gasteiger partial charge in [-0.15, -0.1) is 0 Å². The van der Waals surface area contributed by atoms with Crippen LogP contribution in [0.5, 0.6) is 0 Å². The Hall–Kier alpha value is 0.0969. The lowest BCUT2D eigenvalue weighted by molar-refractivity contribution is 0.264. The molecule has 0 heterocycles. The molecule has 3 nitrogen and oxygen atoms in total. The summed E-state index contributed by atoms with van der Waals surface area (Å²) in [5, 5.41) is 0. The smallest absolute Gasteiger partial charge is 0.395 e. The number of hydrogen-bond acceptors (Lipinski definition) is 3. The molecule has 5 heavy (non-hydrogen) atoms. The first-order valence-electron chi connectivity index (χ1n) is 1.05. The molecule has 0 saturated heterocycles. The van der Waals surface area contributed by atoms with Crippen LogP contribution in [0.15, 0.2) is 0 Å². The van der Waals surface area contributed by atoms with Gasteiger partial charge < -0.3 is 8.95 Å². The van der Waals surface area contributed by atoms with E-state index in [1.165, 1.54) is 7.11 Å². The van der Waals surface area contributed by atoms with Crippen LogP contribution < -0.4 is 5.90 Å². The van der Waals surface area contributed by atoms with Gasteiger partial charge in [0.25, 0.3) is 0 Å². The molecule has 0 spiro atoms. The Balaban J connectivity index is 2.19. The second kappa shape index (κ2) is 4.10. The van der Waals surface area contributed by atoms with Crippen molar-refractivity contribution in [1.82, 2.24) is 0 Å². The van der Waals surface area contributed by atoms with Crippen LogP contribution in [0.3, 0.4) is 0 Å². The van der Waals surface area contributed by atoms with E-state index in [0.29, 0.717) is 0 Å². The van der Waals surface area contributed by atoms with Crippen molar-refractivity contribution in [2.24, 2.45) is 5.90 Å². The van der Waals surface area contributed by atoms with E-state index in [1.54, 1.807) is 0 Å². The van der Waals surface area contributed by atoms with Gasteiger partial charge in [0.2, 0.25) is 0 Å². The zero-order valence-corrected chi connectivity index (χ0v) is 3.89. The van der Waals surface area contributed by atoms with Crippen molar-refractivity contribution in [3.63, 3.8) is 0 Å². The molecule has 0 fully saturated rings. The van der Waals surface area contributed by atoms with Crippen LogP contribution in [0, 0.1) is 0 Å². The van der Waals surface area contributed by atoms with Gasteiger partial charge in [-0.1, -0.05) is 0 Å². The Labute approximate surface area is 33.1 Å². The molecule has 2 radical (unpaired) electrons. The third kappa shape index (κ3) is 4.10. The van der Waals surface area contributed by atoms with Gasteiger partial charge in [-0.05, 0) is 0 Å². The Morgan fingerprint density at radius 2 is 2.40 bits per heavy atom. The number of rotatable bonds is 2. The van der Waals surface area contributed by atoms with E-state index in [0.717, 1.165) is 0 Å². The van der Waals surface area contributed by atoms with E-state index in [-0.39, 0.29) is 10.0 Å². The fraction of sp³-hybridized carbons (Fsp3) is 1.00. The highest BCUT2D eigenvalue weighted by Crippen LogP contribution is 1.50. The first-order valence-corrected chi connectivity index (χ1v) is 1.87. The maximum absolute atomic E-state index is 4.53. The third-order valence-electron chi connectivity index (χ3n) is 0.131. The molecule has 0 aromatic carbocycles. The van der Waals surface area contributed by atoms with Gasteiger partial charge in [0.15, 0.2) is 0 Å². The Kier molecular flexibility index (Phi) is 4.18. The van der Waals surface area contributed by atoms with Crippen LogP contribution in [-0.2, 0) is 8.95 Å². The molecular weight excluding hydrogens is 86.1 g/mol. The van der Waals surface area contributed by atoms with E-state index in [4.69, 9.17) is 0 Å². The summed E-state index contributed by atoms with van der Waals surface area (Å²) in [6.07, 6.45) is 0. The minimum Gasteiger partial charge on any atom is -0.395 e. The summed E-state index contributed by atoms with van der Waals surface area (Å²) in [6.45, 7) is 0. The van der Waals surface area contributed by atoms with Crippen LogP contribution in [-0.4, -0.2) is 17.1 Å². The molecule has 4 heteroatoms. The topological polar surface area (TPSA) is 44.5 Å². The molecule has 0 saturated carbocycles. The van der Waals surface area contributed by atoms with E-state index < -0.39 is 0 Å². The predicted molar refractivity (Wildman–Crippen MR) is 18.0 cm³/mol. The SMILES string of the molecule is CO[Si]ON. The molecule has 0 unspecified atom stereocenters. The normalized spacial score (nSPS) is 8.40. The van der Waals surface area contributed by atoms with Crippen LogP contribution in [0.1, 0.15) is 0 Å². The molecule has 0 bridgehead atoms. The molecule has 0 atom stereocenters. The van der Waals surface area contributed by atoms with Gasteiger partial charge in [-0.3, -0.25) is 0 Å². The Bertz CT molecular complexity index is 17.1. The first kappa shape index (κ1) is 5.10. The molecule has 30 valence electrons. The van der Waals surface area contributed by atoms with Gasteiger partial charge >= 0.3 is 10.0 Å². The van der Waals surface area contributed by atoms with Gasteiger partial charge in [0.1, 0.15) is 0 Å². The molecule has 0 aliphatic carbocycles. The lowest BCUT2D eigenvalue weighted by Gasteiger charge is -1.82. The van der Waals surface area contributed by atoms with Crippen molar-refractivity contribution < 1.29 is 8.95 Å². The van der Waals surface area contributed by atoms with Crippen molar-refractivity contribution in [3.05, 3.63) is 0 Å². The van der Waals surface area contributed by atoms with Gasteiger partial charge in [-0.25, -0.2) is 5.90 Å². The largest absolute Gasteiger partial charge is 0.451 e. The van der Waals surface area contributed by atoms with Gasteiger partial charge in [0, 0.05) is 7.11 Å². The van der Waals surface area contributed by atoms with Crippen molar-refractivity contribution in [3.8, 4) is 0 Å². The summed E-state index contributed by atoms with van der Waals surface area (Å²) in [6, 6.07) is 0. The molecule has 0 rings (SSSR count). The van der Waals surface area contributed by atoms with E-state index in [2.05, 4.69) is 14.8 Å². The highest BCUT2D eigenvalue weighted by atomic mass is 28.3. The van der Waals surface area contributed by atoms with Crippen molar-refractivity contribution in [2.75, 3.05) is 7.11 Å². The Morgan fingerprint density at radius 1 is 1.80 bits per heavy atom. The first-order chi connectivity index (χ1) is 2.41. The zero-order chi connectivity index (χ0) is 4.12. The van der Waals surface area contributed by atoms with Gasteiger partial charge in [-0.2, -0.15) is 0 Å². The third-order valence-corrected chi connectivity index (χ3v) is 0.394. The minimum atomic E-state index is -0.0247. The molecule has 0 amide bonds. The molecule has 0 aliphatic heterocycles. The number of nitrogens with two attached hydrogens (primary N) is 1. The van der Waals surface area contributed by atoms with Crippen LogP contribution in [0.2, 0.25) is 0 Å². The van der Waals surface area contributed by atoms with E-state index in [9.17, 15) is 0 Å². The summed E-state index contributed by atoms with van der Waals surface area (Å²) < 4.78 is 8.37. The molecule has 0 aromatic heterocycles. The quantitative estimate of drug-likeness (QED) is 0.352. The molecule has 2 N–H and O–H groups in total. The maximum Gasteiger partial charge on any atom is 0.451 e. The predicted octanol–water partition coefficient (Wildman–Crippen LogP) is -0.943. The van der Waals surface area contributed by atoms with Crippen LogP contribution in [0.25, 0.3) is 0 Å². The summed E-state index contributed by atoms with van der Waals surface area (Å²) in [5.74, 6) is 4.53. The second-order valence-electron chi connectivity index (χ2n) is 0.405. The monoisotopic (exact) mass is 91.0 g/mol. The minimum absolute atomic E-state index is 0.0247. The van der Waals surface area contributed by atoms with Gasteiger partial charge in [0.05, 0.1) is 0 Å². The average Bonchev–Trinajstić information content (AvgIpc) is 1.41. The summed E-state index contributed by atoms with van der Waals surface area (Å²) in [7, 11) is 1.49. The van der Waals surface area contributed by atoms with E-state index in [1.807, 2.05) is 0 Å². The summed E-state index contributed by atoms with van der Waals surface area (Å²) >= 11 is 0. The Morgan fingerprint density at radius 3 is 2.40 bits per heavy atom. The molecular formula is CH5NO2Si. The van der Waals surface area contributed by atoms with E-state index >= 15 is 0 Å². The molecule has 0 aliphatic rings. The second-order valence-corrected chi connectivity index (χ2v) is 1.22. The fourth-order valence-electron chi connectivity index (χ4n) is 0.0481. The highest BCUT2D eigenvalue weighted by Gasteiger charge is 1.74. The lowest BCUT2D eigenvalue weighted by Crippen LogP contribution is -2.05. The van der Waals surface area contributed by atoms with Crippen molar-refractivity contribution in [1.29, 1.82) is 0 Å². The maximum atomic E-state index is 4.53. The van der Waals surface area contributed by atoms with Crippen molar-refractivity contribution in [2.45, 2.75) is 0 Å².